The van der Waals surface area contributed by atoms with Gasteiger partial charge in [-0.2, -0.15) is 0 Å². The van der Waals surface area contributed by atoms with Crippen molar-refractivity contribution in [2.45, 2.75) is 123 Å². The molecular formula is C57H62N2. The topological polar surface area (TPSA) is 9.86 Å². The lowest BCUT2D eigenvalue weighted by Gasteiger charge is -2.33. The van der Waals surface area contributed by atoms with Crippen LogP contribution in [0.3, 0.4) is 0 Å². The van der Waals surface area contributed by atoms with E-state index in [1.54, 1.807) is 11.1 Å². The molecule has 0 N–H and O–H groups in total. The minimum atomic E-state index is 0.0514. The third-order valence-electron chi connectivity index (χ3n) is 13.6. The molecule has 0 aliphatic heterocycles. The molecule has 0 saturated heterocycles. The summed E-state index contributed by atoms with van der Waals surface area (Å²) in [4.78, 5) is 0. The standard InChI is InChI=1S/C57H62N2/c1-5-7-9-11-13-21-35-57(36-22-14-12-10-8-6-2)51-37-41(3)27-31-47(51)48-33-29-43(39-52(48)57)44-30-34-50-54(40-44)59(46-25-19-16-20-26-46)55-49-32-28-42(4)38-53(49)58(56(50)55)45-23-17-15-18-24-45/h15-20,23-34,37-40H,5-14,21-22,35-36H2,1-4H3. The summed E-state index contributed by atoms with van der Waals surface area (Å²) in [5.74, 6) is 0. The summed E-state index contributed by atoms with van der Waals surface area (Å²) in [5, 5.41) is 2.55. The fourth-order valence-electron chi connectivity index (χ4n) is 10.6. The molecule has 0 unspecified atom stereocenters. The molecule has 8 aromatic rings. The number of nitrogens with zero attached hydrogens (tertiary/aromatic N) is 2. The van der Waals surface area contributed by atoms with Crippen molar-refractivity contribution in [1.29, 1.82) is 0 Å². The fourth-order valence-corrected chi connectivity index (χ4v) is 10.6. The van der Waals surface area contributed by atoms with E-state index in [1.807, 2.05) is 0 Å². The van der Waals surface area contributed by atoms with Crippen LogP contribution in [0.25, 0.3) is 66.5 Å². The van der Waals surface area contributed by atoms with Crippen LogP contribution < -0.4 is 0 Å². The highest BCUT2D eigenvalue weighted by Gasteiger charge is 2.42. The van der Waals surface area contributed by atoms with E-state index < -0.39 is 0 Å². The summed E-state index contributed by atoms with van der Waals surface area (Å²) >= 11 is 0. The van der Waals surface area contributed by atoms with Crippen LogP contribution >= 0.6 is 0 Å². The average molecular weight is 775 g/mol. The van der Waals surface area contributed by atoms with Crippen molar-refractivity contribution in [1.82, 2.24) is 9.13 Å². The molecule has 2 heterocycles. The molecule has 1 aliphatic rings. The average Bonchev–Trinajstić information content (AvgIpc) is 3.86. The van der Waals surface area contributed by atoms with E-state index in [9.17, 15) is 0 Å². The van der Waals surface area contributed by atoms with Crippen LogP contribution in [0.15, 0.2) is 133 Å². The maximum absolute atomic E-state index is 2.62. The fraction of sp³-hybridized carbons (Fsp3) is 0.333. The summed E-state index contributed by atoms with van der Waals surface area (Å²) in [6.45, 7) is 9.14. The molecule has 300 valence electrons. The Morgan fingerprint density at radius 2 is 0.847 bits per heavy atom. The zero-order valence-corrected chi connectivity index (χ0v) is 36.0. The highest BCUT2D eigenvalue weighted by Crippen LogP contribution is 2.55. The number of aromatic nitrogens is 2. The lowest BCUT2D eigenvalue weighted by Crippen LogP contribution is -2.25. The van der Waals surface area contributed by atoms with E-state index in [2.05, 4.69) is 170 Å². The number of fused-ring (bicyclic) bond motifs is 8. The summed E-state index contributed by atoms with van der Waals surface area (Å²) in [6, 6.07) is 51.0. The van der Waals surface area contributed by atoms with Crippen molar-refractivity contribution in [3.05, 3.63) is 156 Å². The van der Waals surface area contributed by atoms with Crippen LogP contribution in [0.1, 0.15) is 126 Å². The van der Waals surface area contributed by atoms with Gasteiger partial charge in [0.2, 0.25) is 0 Å². The van der Waals surface area contributed by atoms with Gasteiger partial charge in [0, 0.05) is 27.6 Å². The Labute approximate surface area is 352 Å². The Hall–Kier alpha value is -5.34. The van der Waals surface area contributed by atoms with E-state index in [0.717, 1.165) is 0 Å². The number of hydrogen-bond donors (Lipinski definition) is 0. The molecule has 0 atom stereocenters. The van der Waals surface area contributed by atoms with Crippen molar-refractivity contribution in [2.75, 3.05) is 0 Å². The van der Waals surface area contributed by atoms with E-state index >= 15 is 0 Å². The van der Waals surface area contributed by atoms with Crippen LogP contribution in [-0.2, 0) is 5.41 Å². The zero-order chi connectivity index (χ0) is 40.3. The molecule has 9 rings (SSSR count). The quantitative estimate of drug-likeness (QED) is 0.0816. The largest absolute Gasteiger partial charge is 0.307 e. The highest BCUT2D eigenvalue weighted by atomic mass is 15.1. The van der Waals surface area contributed by atoms with Crippen LogP contribution in [0.5, 0.6) is 0 Å². The van der Waals surface area contributed by atoms with Gasteiger partial charge in [-0.15, -0.1) is 0 Å². The molecule has 0 saturated carbocycles. The molecular weight excluding hydrogens is 713 g/mol. The minimum Gasteiger partial charge on any atom is -0.307 e. The van der Waals surface area contributed by atoms with Gasteiger partial charge in [0.1, 0.15) is 0 Å². The maximum atomic E-state index is 2.62. The molecule has 1 aliphatic carbocycles. The van der Waals surface area contributed by atoms with Gasteiger partial charge in [0.15, 0.2) is 0 Å². The van der Waals surface area contributed by atoms with E-state index in [4.69, 9.17) is 0 Å². The molecule has 2 heteroatoms. The van der Waals surface area contributed by atoms with Crippen molar-refractivity contribution < 1.29 is 0 Å². The Morgan fingerprint density at radius 3 is 1.44 bits per heavy atom. The third kappa shape index (κ3) is 7.24. The van der Waals surface area contributed by atoms with Gasteiger partial charge in [-0.1, -0.05) is 187 Å². The molecule has 2 nitrogen and oxygen atoms in total. The van der Waals surface area contributed by atoms with Gasteiger partial charge in [-0.3, -0.25) is 0 Å². The molecule has 2 aromatic heterocycles. The van der Waals surface area contributed by atoms with Crippen molar-refractivity contribution in [3.8, 4) is 33.6 Å². The SMILES string of the molecule is CCCCCCCCC1(CCCCCCCC)c2cc(C)ccc2-c2ccc(-c3ccc4c(c3)n(-c3ccccc3)c3c5ccc(C)cc5n(-c5ccccc5)c43)cc21. The van der Waals surface area contributed by atoms with Gasteiger partial charge in [-0.25, -0.2) is 0 Å². The molecule has 6 aromatic carbocycles. The summed E-state index contributed by atoms with van der Waals surface area (Å²) < 4.78 is 5.02. The third-order valence-corrected chi connectivity index (χ3v) is 13.6. The van der Waals surface area contributed by atoms with Crippen molar-refractivity contribution >= 4 is 32.8 Å². The second-order valence-electron chi connectivity index (χ2n) is 17.7. The Bertz CT molecular complexity index is 2690. The first kappa shape index (κ1) is 39.1. The van der Waals surface area contributed by atoms with Crippen LogP contribution in [0.2, 0.25) is 0 Å². The van der Waals surface area contributed by atoms with Gasteiger partial charge >= 0.3 is 0 Å². The lowest BCUT2D eigenvalue weighted by atomic mass is 9.70. The van der Waals surface area contributed by atoms with E-state index in [1.165, 1.54) is 167 Å². The number of unbranched alkanes of at least 4 members (excludes halogenated alkanes) is 10. The number of aryl methyl sites for hydroxylation is 2. The zero-order valence-electron chi connectivity index (χ0n) is 36.0. The molecule has 59 heavy (non-hydrogen) atoms. The normalized spacial score (nSPS) is 13.2. The first-order chi connectivity index (χ1) is 29.0. The van der Waals surface area contributed by atoms with Crippen LogP contribution in [0, 0.1) is 13.8 Å². The molecule has 0 bridgehead atoms. The number of rotatable bonds is 17. The Balaban J connectivity index is 1.21. The van der Waals surface area contributed by atoms with E-state index in [-0.39, 0.29) is 5.41 Å². The summed E-state index contributed by atoms with van der Waals surface area (Å²) in [6.07, 6.45) is 18.4. The number of hydrogen-bond acceptors (Lipinski definition) is 0. The molecule has 0 spiro atoms. The van der Waals surface area contributed by atoms with Crippen molar-refractivity contribution in [2.24, 2.45) is 0 Å². The van der Waals surface area contributed by atoms with Crippen LogP contribution in [0.4, 0.5) is 0 Å². The van der Waals surface area contributed by atoms with Gasteiger partial charge in [0.05, 0.1) is 22.1 Å². The first-order valence-corrected chi connectivity index (χ1v) is 23.0. The molecule has 0 radical (unpaired) electrons. The van der Waals surface area contributed by atoms with Gasteiger partial charge in [0.25, 0.3) is 0 Å². The highest BCUT2D eigenvalue weighted by molar-refractivity contribution is 6.20. The smallest absolute Gasteiger partial charge is 0.0803 e. The minimum absolute atomic E-state index is 0.0514. The summed E-state index contributed by atoms with van der Waals surface area (Å²) in [7, 11) is 0. The second kappa shape index (κ2) is 17.1. The van der Waals surface area contributed by atoms with Gasteiger partial charge < -0.3 is 9.13 Å². The van der Waals surface area contributed by atoms with Crippen LogP contribution in [-0.4, -0.2) is 9.13 Å². The summed E-state index contributed by atoms with van der Waals surface area (Å²) in [5.41, 5.74) is 18.8. The predicted octanol–water partition coefficient (Wildman–Crippen LogP) is 16.8. The van der Waals surface area contributed by atoms with E-state index in [0.29, 0.717) is 0 Å². The second-order valence-corrected chi connectivity index (χ2v) is 17.7. The maximum Gasteiger partial charge on any atom is 0.0803 e. The predicted molar refractivity (Wildman–Crippen MR) is 255 cm³/mol. The monoisotopic (exact) mass is 774 g/mol. The number of benzene rings is 6. The lowest BCUT2D eigenvalue weighted by molar-refractivity contribution is 0.398. The molecule has 0 fully saturated rings. The molecule has 0 amide bonds. The van der Waals surface area contributed by atoms with Gasteiger partial charge in [-0.05, 0) is 108 Å². The number of para-hydroxylation sites is 2. The Morgan fingerprint density at radius 1 is 0.407 bits per heavy atom. The first-order valence-electron chi connectivity index (χ1n) is 23.0. The van der Waals surface area contributed by atoms with Crippen molar-refractivity contribution in [3.63, 3.8) is 0 Å². The Kier molecular flexibility index (Phi) is 11.3.